The molecule has 0 heterocycles. The second kappa shape index (κ2) is 9.14. The number of aliphatic carboxylic acids is 1. The maximum absolute atomic E-state index is 12.6. The molecule has 0 saturated heterocycles. The molecule has 0 saturated carbocycles. The van der Waals surface area contributed by atoms with Gasteiger partial charge in [0.05, 0.1) is 7.11 Å². The Labute approximate surface area is 186 Å². The van der Waals surface area contributed by atoms with Crippen molar-refractivity contribution < 1.29 is 24.2 Å². The molecule has 6 nitrogen and oxygen atoms in total. The van der Waals surface area contributed by atoms with Crippen molar-refractivity contribution in [3.63, 3.8) is 0 Å². The average Bonchev–Trinajstić information content (AvgIpc) is 3.14. The zero-order valence-electron chi connectivity index (χ0n) is 17.9. The van der Waals surface area contributed by atoms with E-state index in [1.54, 1.807) is 38.3 Å². The van der Waals surface area contributed by atoms with Crippen LogP contribution in [0.1, 0.15) is 35.4 Å². The van der Waals surface area contributed by atoms with Crippen molar-refractivity contribution in [3.8, 4) is 16.9 Å². The summed E-state index contributed by atoms with van der Waals surface area (Å²) in [6, 6.07) is 22.1. The summed E-state index contributed by atoms with van der Waals surface area (Å²) in [5.41, 5.74) is 5.24. The van der Waals surface area contributed by atoms with Crippen LogP contribution in [0.2, 0.25) is 0 Å². The van der Waals surface area contributed by atoms with Gasteiger partial charge in [-0.25, -0.2) is 9.59 Å². The standard InChI is InChI=1S/C26H25NO5/c1-16(17-11-13-18(31-2)14-12-17)24(25(28)29)27-26(30)32-15-23-21-9-5-3-7-19(21)20-8-4-6-10-22(20)23/h3-14,16,23-24H,15H2,1-2H3,(H,27,30)(H,28,29)/t16-,24-/m0/s1. The molecular formula is C26H25NO5. The number of hydrogen-bond acceptors (Lipinski definition) is 4. The summed E-state index contributed by atoms with van der Waals surface area (Å²) in [4.78, 5) is 24.4. The molecule has 0 spiro atoms. The largest absolute Gasteiger partial charge is 0.497 e. The maximum atomic E-state index is 12.6. The molecule has 1 aliphatic rings. The molecule has 2 N–H and O–H groups in total. The Hall–Kier alpha value is -3.80. The fourth-order valence-corrected chi connectivity index (χ4v) is 4.27. The van der Waals surface area contributed by atoms with Gasteiger partial charge in [-0.3, -0.25) is 0 Å². The van der Waals surface area contributed by atoms with Crippen LogP contribution in [0.3, 0.4) is 0 Å². The van der Waals surface area contributed by atoms with Gasteiger partial charge in [0.2, 0.25) is 0 Å². The third kappa shape index (κ3) is 4.17. The van der Waals surface area contributed by atoms with Crippen LogP contribution in [-0.2, 0) is 9.53 Å². The van der Waals surface area contributed by atoms with Crippen LogP contribution < -0.4 is 10.1 Å². The van der Waals surface area contributed by atoms with Gasteiger partial charge in [0.1, 0.15) is 18.4 Å². The van der Waals surface area contributed by atoms with Crippen molar-refractivity contribution >= 4 is 12.1 Å². The lowest BCUT2D eigenvalue weighted by Gasteiger charge is -2.22. The van der Waals surface area contributed by atoms with Crippen LogP contribution in [-0.4, -0.2) is 36.9 Å². The summed E-state index contributed by atoms with van der Waals surface area (Å²) in [5, 5.41) is 12.2. The minimum Gasteiger partial charge on any atom is -0.497 e. The van der Waals surface area contributed by atoms with E-state index >= 15 is 0 Å². The smallest absolute Gasteiger partial charge is 0.407 e. The summed E-state index contributed by atoms with van der Waals surface area (Å²) in [6.45, 7) is 1.88. The highest BCUT2D eigenvalue weighted by Crippen LogP contribution is 2.44. The molecule has 32 heavy (non-hydrogen) atoms. The van der Waals surface area contributed by atoms with Gasteiger partial charge in [-0.2, -0.15) is 0 Å². The van der Waals surface area contributed by atoms with Crippen molar-refractivity contribution in [1.82, 2.24) is 5.32 Å². The van der Waals surface area contributed by atoms with E-state index in [1.807, 2.05) is 36.4 Å². The predicted octanol–water partition coefficient (Wildman–Crippen LogP) is 4.79. The number of benzene rings is 3. The van der Waals surface area contributed by atoms with Crippen LogP contribution in [0.25, 0.3) is 11.1 Å². The van der Waals surface area contributed by atoms with Gasteiger partial charge in [0, 0.05) is 11.8 Å². The van der Waals surface area contributed by atoms with Crippen LogP contribution in [0, 0.1) is 0 Å². The predicted molar refractivity (Wildman–Crippen MR) is 121 cm³/mol. The van der Waals surface area contributed by atoms with Crippen LogP contribution in [0.4, 0.5) is 4.79 Å². The fourth-order valence-electron chi connectivity index (χ4n) is 4.27. The van der Waals surface area contributed by atoms with Crippen molar-refractivity contribution in [2.45, 2.75) is 24.8 Å². The number of fused-ring (bicyclic) bond motifs is 3. The topological polar surface area (TPSA) is 84.9 Å². The van der Waals surface area contributed by atoms with Crippen molar-refractivity contribution in [1.29, 1.82) is 0 Å². The van der Waals surface area contributed by atoms with Crippen molar-refractivity contribution in [3.05, 3.63) is 89.5 Å². The quantitative estimate of drug-likeness (QED) is 0.562. The molecule has 1 amide bonds. The Kier molecular flexibility index (Phi) is 6.12. The normalized spacial score (nSPS) is 14.1. The summed E-state index contributed by atoms with van der Waals surface area (Å²) in [5.74, 6) is -0.992. The first-order chi connectivity index (χ1) is 15.5. The number of carboxylic acid groups (broad SMARTS) is 1. The zero-order valence-corrected chi connectivity index (χ0v) is 17.9. The lowest BCUT2D eigenvalue weighted by molar-refractivity contribution is -0.139. The number of carbonyl (C=O) groups is 2. The monoisotopic (exact) mass is 431 g/mol. The molecular weight excluding hydrogens is 406 g/mol. The fraction of sp³-hybridized carbons (Fsp3) is 0.231. The Morgan fingerprint density at radius 1 is 0.938 bits per heavy atom. The van der Waals surface area contributed by atoms with Crippen LogP contribution in [0.15, 0.2) is 72.8 Å². The van der Waals surface area contributed by atoms with Gasteiger partial charge in [-0.1, -0.05) is 67.6 Å². The number of hydrogen-bond donors (Lipinski definition) is 2. The minimum absolute atomic E-state index is 0.0876. The van der Waals surface area contributed by atoms with Gasteiger partial charge < -0.3 is 19.9 Å². The molecule has 4 rings (SSSR count). The molecule has 3 aromatic carbocycles. The summed E-state index contributed by atoms with van der Waals surface area (Å²) in [7, 11) is 1.57. The van der Waals surface area contributed by atoms with E-state index in [2.05, 4.69) is 17.4 Å². The molecule has 0 unspecified atom stereocenters. The summed E-state index contributed by atoms with van der Waals surface area (Å²) >= 11 is 0. The second-order valence-electron chi connectivity index (χ2n) is 7.85. The number of carbonyl (C=O) groups excluding carboxylic acids is 1. The van der Waals surface area contributed by atoms with Crippen LogP contribution >= 0.6 is 0 Å². The van der Waals surface area contributed by atoms with E-state index in [0.29, 0.717) is 5.75 Å². The summed E-state index contributed by atoms with van der Waals surface area (Å²) < 4.78 is 10.7. The highest BCUT2D eigenvalue weighted by atomic mass is 16.5. The highest BCUT2D eigenvalue weighted by Gasteiger charge is 2.31. The number of alkyl carbamates (subject to hydrolysis) is 1. The Balaban J connectivity index is 1.45. The van der Waals surface area contributed by atoms with Gasteiger partial charge in [-0.15, -0.1) is 0 Å². The highest BCUT2D eigenvalue weighted by molar-refractivity contribution is 5.82. The molecule has 0 bridgehead atoms. The first-order valence-corrected chi connectivity index (χ1v) is 10.5. The van der Waals surface area contributed by atoms with Crippen molar-refractivity contribution in [2.75, 3.05) is 13.7 Å². The lowest BCUT2D eigenvalue weighted by Crippen LogP contribution is -2.44. The average molecular weight is 431 g/mol. The lowest BCUT2D eigenvalue weighted by atomic mass is 9.93. The molecule has 1 aliphatic carbocycles. The Morgan fingerprint density at radius 3 is 2.03 bits per heavy atom. The SMILES string of the molecule is COc1ccc([C@H](C)[C@H](NC(=O)OCC2c3ccccc3-c3ccccc32)C(=O)O)cc1. The number of methoxy groups -OCH3 is 1. The molecule has 164 valence electrons. The Bertz CT molecular complexity index is 1080. The van der Waals surface area contributed by atoms with Gasteiger partial charge in [0.15, 0.2) is 0 Å². The number of nitrogens with one attached hydrogen (secondary N) is 1. The van der Waals surface area contributed by atoms with Gasteiger partial charge in [0.25, 0.3) is 0 Å². The van der Waals surface area contributed by atoms with Crippen LogP contribution in [0.5, 0.6) is 5.75 Å². The molecule has 0 aromatic heterocycles. The number of amides is 1. The minimum atomic E-state index is -1.13. The molecule has 3 aromatic rings. The van der Waals surface area contributed by atoms with E-state index in [4.69, 9.17) is 9.47 Å². The Morgan fingerprint density at radius 2 is 1.50 bits per heavy atom. The molecule has 6 heteroatoms. The first kappa shape index (κ1) is 21.4. The number of ether oxygens (including phenoxy) is 2. The van der Waals surface area contributed by atoms with Gasteiger partial charge in [-0.05, 0) is 39.9 Å². The van der Waals surface area contributed by atoms with E-state index in [0.717, 1.165) is 27.8 Å². The summed E-state index contributed by atoms with van der Waals surface area (Å²) in [6.07, 6.45) is -0.750. The molecule has 2 atom stereocenters. The third-order valence-corrected chi connectivity index (χ3v) is 6.02. The van der Waals surface area contributed by atoms with Gasteiger partial charge >= 0.3 is 12.1 Å². The van der Waals surface area contributed by atoms with E-state index in [-0.39, 0.29) is 12.5 Å². The maximum Gasteiger partial charge on any atom is 0.407 e. The van der Waals surface area contributed by atoms with E-state index in [9.17, 15) is 14.7 Å². The zero-order chi connectivity index (χ0) is 22.7. The second-order valence-corrected chi connectivity index (χ2v) is 7.85. The number of carboxylic acids is 1. The molecule has 0 radical (unpaired) electrons. The van der Waals surface area contributed by atoms with E-state index in [1.165, 1.54) is 0 Å². The molecule has 0 aliphatic heterocycles. The third-order valence-electron chi connectivity index (χ3n) is 6.02. The molecule has 0 fully saturated rings. The first-order valence-electron chi connectivity index (χ1n) is 10.5. The number of rotatable bonds is 7. The van der Waals surface area contributed by atoms with E-state index < -0.39 is 24.0 Å². The van der Waals surface area contributed by atoms with Crippen molar-refractivity contribution in [2.24, 2.45) is 0 Å².